The molecule has 1 fully saturated rings. The number of aromatic nitrogens is 2. The van der Waals surface area contributed by atoms with Crippen LogP contribution in [0.1, 0.15) is 34.7 Å². The summed E-state index contributed by atoms with van der Waals surface area (Å²) >= 11 is 0. The van der Waals surface area contributed by atoms with E-state index in [0.717, 1.165) is 31.7 Å². The van der Waals surface area contributed by atoms with Crippen LogP contribution in [0.25, 0.3) is 0 Å². The van der Waals surface area contributed by atoms with E-state index in [0.29, 0.717) is 18.4 Å². The number of fused-ring (bicyclic) bond motifs is 4. The van der Waals surface area contributed by atoms with Crippen molar-refractivity contribution in [2.24, 2.45) is 5.92 Å². The van der Waals surface area contributed by atoms with Crippen LogP contribution >= 0.6 is 0 Å². The van der Waals surface area contributed by atoms with Crippen molar-refractivity contribution in [1.29, 1.82) is 0 Å². The second kappa shape index (κ2) is 6.73. The Bertz CT molecular complexity index is 829. The molecule has 0 saturated carbocycles. The molecule has 2 atom stereocenters. The zero-order valence-electron chi connectivity index (χ0n) is 15.0. The molecule has 0 amide bonds. The molecule has 0 spiro atoms. The molecule has 2 aromatic rings. The molecular weight excluding hydrogens is 312 g/mol. The third-order valence-electron chi connectivity index (χ3n) is 5.60. The van der Waals surface area contributed by atoms with Crippen LogP contribution in [0.15, 0.2) is 35.4 Å². The highest BCUT2D eigenvalue weighted by molar-refractivity contribution is 5.24. The van der Waals surface area contributed by atoms with Crippen molar-refractivity contribution in [2.45, 2.75) is 38.9 Å². The lowest BCUT2D eigenvalue weighted by Crippen LogP contribution is -2.45. The minimum absolute atomic E-state index is 0.201. The van der Waals surface area contributed by atoms with E-state index in [4.69, 9.17) is 0 Å². The van der Waals surface area contributed by atoms with Gasteiger partial charge in [0.1, 0.15) is 0 Å². The summed E-state index contributed by atoms with van der Waals surface area (Å²) < 4.78 is 2.04. The van der Waals surface area contributed by atoms with Gasteiger partial charge in [0.25, 0.3) is 5.56 Å². The summed E-state index contributed by atoms with van der Waals surface area (Å²) in [5, 5.41) is 3.50. The summed E-state index contributed by atoms with van der Waals surface area (Å²) in [5.41, 5.74) is 4.76. The molecule has 2 aliphatic rings. The largest absolute Gasteiger partial charge is 0.316 e. The van der Waals surface area contributed by atoms with E-state index in [9.17, 15) is 4.79 Å². The second-order valence-electron chi connectivity index (χ2n) is 7.63. The Kier molecular flexibility index (Phi) is 4.44. The van der Waals surface area contributed by atoms with E-state index in [2.05, 4.69) is 41.3 Å². The Balaban J connectivity index is 1.55. The van der Waals surface area contributed by atoms with Gasteiger partial charge in [-0.1, -0.05) is 6.07 Å². The first kappa shape index (κ1) is 16.5. The van der Waals surface area contributed by atoms with Crippen LogP contribution in [0.3, 0.4) is 0 Å². The standard InChI is InChI=1S/C20H26N4O/c1-14-8-21-6-5-16(14)12-23(2)13-17-3-4-19-18-7-15(9-22-10-18)11-24(19)20(17)25/h3-6,8,15,18,22H,7,9-13H2,1-2H3/t15-,18+/m0/s1. The van der Waals surface area contributed by atoms with Gasteiger partial charge in [-0.15, -0.1) is 0 Å². The predicted octanol–water partition coefficient (Wildman–Crippen LogP) is 1.89. The number of nitrogens with one attached hydrogen (secondary N) is 1. The highest BCUT2D eigenvalue weighted by Gasteiger charge is 2.31. The topological polar surface area (TPSA) is 50.2 Å². The summed E-state index contributed by atoms with van der Waals surface area (Å²) in [4.78, 5) is 19.4. The number of piperidine rings is 1. The van der Waals surface area contributed by atoms with Crippen molar-refractivity contribution in [3.05, 3.63) is 63.3 Å². The summed E-state index contributed by atoms with van der Waals surface area (Å²) in [6, 6.07) is 6.27. The van der Waals surface area contributed by atoms with Gasteiger partial charge in [0, 0.05) is 55.7 Å². The summed E-state index contributed by atoms with van der Waals surface area (Å²) in [6.07, 6.45) is 4.94. The van der Waals surface area contributed by atoms with E-state index in [1.165, 1.54) is 23.2 Å². The van der Waals surface area contributed by atoms with Crippen molar-refractivity contribution in [3.63, 3.8) is 0 Å². The lowest BCUT2D eigenvalue weighted by atomic mass is 9.84. The van der Waals surface area contributed by atoms with Gasteiger partial charge in [-0.2, -0.15) is 0 Å². The Morgan fingerprint density at radius 1 is 1.24 bits per heavy atom. The van der Waals surface area contributed by atoms with E-state index in [1.807, 2.05) is 23.0 Å². The first-order valence-electron chi connectivity index (χ1n) is 9.13. The van der Waals surface area contributed by atoms with Crippen LogP contribution in [-0.2, 0) is 19.6 Å². The number of aryl methyl sites for hydroxylation is 1. The Morgan fingerprint density at radius 2 is 2.08 bits per heavy atom. The van der Waals surface area contributed by atoms with Gasteiger partial charge in [-0.05, 0) is 56.1 Å². The molecule has 25 heavy (non-hydrogen) atoms. The van der Waals surface area contributed by atoms with Gasteiger partial charge in [0.15, 0.2) is 0 Å². The lowest BCUT2D eigenvalue weighted by molar-refractivity contribution is 0.254. The fourth-order valence-electron chi connectivity index (χ4n) is 4.27. The maximum atomic E-state index is 13.0. The molecule has 5 heteroatoms. The van der Waals surface area contributed by atoms with Crippen LogP contribution in [0.4, 0.5) is 0 Å². The summed E-state index contributed by atoms with van der Waals surface area (Å²) in [5.74, 6) is 1.09. The van der Waals surface area contributed by atoms with Crippen molar-refractivity contribution in [2.75, 3.05) is 20.1 Å². The van der Waals surface area contributed by atoms with Crippen LogP contribution in [0.2, 0.25) is 0 Å². The third kappa shape index (κ3) is 3.26. The minimum atomic E-state index is 0.201. The van der Waals surface area contributed by atoms with Crippen molar-refractivity contribution in [3.8, 4) is 0 Å². The van der Waals surface area contributed by atoms with Crippen LogP contribution in [-0.4, -0.2) is 34.6 Å². The number of pyridine rings is 2. The molecule has 0 aromatic carbocycles. The zero-order valence-corrected chi connectivity index (χ0v) is 15.0. The highest BCUT2D eigenvalue weighted by atomic mass is 16.1. The predicted molar refractivity (Wildman–Crippen MR) is 98.6 cm³/mol. The quantitative estimate of drug-likeness (QED) is 0.925. The maximum Gasteiger partial charge on any atom is 0.255 e. The van der Waals surface area contributed by atoms with Crippen molar-refractivity contribution >= 4 is 0 Å². The molecule has 132 valence electrons. The molecule has 1 saturated heterocycles. The second-order valence-corrected chi connectivity index (χ2v) is 7.63. The Morgan fingerprint density at radius 3 is 2.92 bits per heavy atom. The molecule has 4 rings (SSSR count). The average molecular weight is 338 g/mol. The molecule has 5 nitrogen and oxygen atoms in total. The Hall–Kier alpha value is -1.98. The van der Waals surface area contributed by atoms with E-state index in [-0.39, 0.29) is 5.56 Å². The van der Waals surface area contributed by atoms with Gasteiger partial charge >= 0.3 is 0 Å². The van der Waals surface area contributed by atoms with Crippen LogP contribution in [0.5, 0.6) is 0 Å². The van der Waals surface area contributed by atoms with Gasteiger partial charge < -0.3 is 9.88 Å². The minimum Gasteiger partial charge on any atom is -0.316 e. The first-order valence-corrected chi connectivity index (χ1v) is 9.13. The molecular formula is C20H26N4O. The Labute approximate surface area is 148 Å². The maximum absolute atomic E-state index is 13.0. The fraction of sp³-hybridized carbons (Fsp3) is 0.500. The first-order chi connectivity index (χ1) is 12.1. The van der Waals surface area contributed by atoms with E-state index in [1.54, 1.807) is 0 Å². The monoisotopic (exact) mass is 338 g/mol. The molecule has 2 bridgehead atoms. The summed E-state index contributed by atoms with van der Waals surface area (Å²) in [6.45, 7) is 6.47. The van der Waals surface area contributed by atoms with Crippen molar-refractivity contribution < 1.29 is 0 Å². The van der Waals surface area contributed by atoms with Gasteiger partial charge in [0.05, 0.1) is 0 Å². The smallest absolute Gasteiger partial charge is 0.255 e. The molecule has 0 aliphatic carbocycles. The molecule has 2 aliphatic heterocycles. The molecule has 2 aromatic heterocycles. The zero-order chi connectivity index (χ0) is 17.4. The summed E-state index contributed by atoms with van der Waals surface area (Å²) in [7, 11) is 2.07. The highest BCUT2D eigenvalue weighted by Crippen LogP contribution is 2.31. The molecule has 0 unspecified atom stereocenters. The average Bonchev–Trinajstić information content (AvgIpc) is 2.60. The SMILES string of the molecule is Cc1cnccc1CN(C)Cc1ccc2n(c1=O)C[C@@H]1CNC[C@H]2C1. The van der Waals surface area contributed by atoms with Gasteiger partial charge in [0.2, 0.25) is 0 Å². The number of hydrogen-bond acceptors (Lipinski definition) is 4. The lowest BCUT2D eigenvalue weighted by Gasteiger charge is -2.37. The van der Waals surface area contributed by atoms with Crippen LogP contribution < -0.4 is 10.9 Å². The fourth-order valence-corrected chi connectivity index (χ4v) is 4.27. The molecule has 0 radical (unpaired) electrons. The number of rotatable bonds is 4. The number of hydrogen-bond donors (Lipinski definition) is 1. The van der Waals surface area contributed by atoms with Gasteiger partial charge in [-0.3, -0.25) is 14.7 Å². The molecule has 1 N–H and O–H groups in total. The van der Waals surface area contributed by atoms with Gasteiger partial charge in [-0.25, -0.2) is 0 Å². The van der Waals surface area contributed by atoms with Crippen LogP contribution in [0, 0.1) is 12.8 Å². The normalized spacial score (nSPS) is 22.0. The van der Waals surface area contributed by atoms with E-state index >= 15 is 0 Å². The molecule has 4 heterocycles. The van der Waals surface area contributed by atoms with Crippen molar-refractivity contribution in [1.82, 2.24) is 19.8 Å². The third-order valence-corrected chi connectivity index (χ3v) is 5.60. The number of nitrogens with zero attached hydrogens (tertiary/aromatic N) is 3. The van der Waals surface area contributed by atoms with E-state index < -0.39 is 0 Å².